The number of carbonyl (C=O) groups is 2. The molecule has 0 spiro atoms. The highest BCUT2D eigenvalue weighted by Crippen LogP contribution is 1.99. The summed E-state index contributed by atoms with van der Waals surface area (Å²) in [4.78, 5) is 22.5. The molecule has 2 N–H and O–H groups in total. The van der Waals surface area contributed by atoms with Crippen LogP contribution >= 0.6 is 0 Å². The zero-order valence-corrected chi connectivity index (χ0v) is 15.6. The van der Waals surface area contributed by atoms with Crippen LogP contribution in [0.1, 0.15) is 40.0 Å². The minimum Gasteiger partial charge on any atom is -0.377 e. The Balaban J connectivity index is 3.38. The molecule has 0 fully saturated rings. The fourth-order valence-corrected chi connectivity index (χ4v) is 1.86. The first-order valence-electron chi connectivity index (χ1n) is 8.94. The van der Waals surface area contributed by atoms with Gasteiger partial charge in [-0.25, -0.2) is 4.39 Å². The zero-order valence-electron chi connectivity index (χ0n) is 15.6. The van der Waals surface area contributed by atoms with Crippen LogP contribution < -0.4 is 10.6 Å². The number of hydrogen-bond acceptors (Lipinski definition) is 5. The second-order valence-corrected chi connectivity index (χ2v) is 5.70. The van der Waals surface area contributed by atoms with E-state index in [2.05, 4.69) is 17.6 Å². The van der Waals surface area contributed by atoms with Crippen molar-refractivity contribution in [2.24, 2.45) is 0 Å². The third-order valence-corrected chi connectivity index (χ3v) is 3.28. The number of nitrogens with one attached hydrogen (secondary N) is 2. The maximum absolute atomic E-state index is 13.4. The Hall–Kier alpha value is -1.25. The van der Waals surface area contributed by atoms with Gasteiger partial charge >= 0.3 is 0 Å². The number of ether oxygens (including phenoxy) is 3. The van der Waals surface area contributed by atoms with Gasteiger partial charge in [0.25, 0.3) is 0 Å². The van der Waals surface area contributed by atoms with Crippen LogP contribution in [-0.4, -0.2) is 70.2 Å². The molecule has 0 aliphatic carbocycles. The molecule has 2 amide bonds. The van der Waals surface area contributed by atoms with Gasteiger partial charge in [0, 0.05) is 13.0 Å². The summed E-state index contributed by atoms with van der Waals surface area (Å²) in [6.45, 7) is 6.95. The van der Waals surface area contributed by atoms with E-state index < -0.39 is 6.17 Å². The number of alkyl halides is 1. The molecule has 0 aliphatic rings. The van der Waals surface area contributed by atoms with E-state index >= 15 is 0 Å². The summed E-state index contributed by atoms with van der Waals surface area (Å²) in [5.41, 5.74) is 0. The van der Waals surface area contributed by atoms with Crippen molar-refractivity contribution in [3.63, 3.8) is 0 Å². The fraction of sp³-hybridized carbons (Fsp3) is 0.882. The van der Waals surface area contributed by atoms with Crippen molar-refractivity contribution >= 4 is 11.8 Å². The molecule has 0 radical (unpaired) electrons. The van der Waals surface area contributed by atoms with E-state index in [4.69, 9.17) is 14.2 Å². The number of hydrogen-bond donors (Lipinski definition) is 2. The highest BCUT2D eigenvalue weighted by Gasteiger charge is 2.08. The first-order chi connectivity index (χ1) is 12.0. The van der Waals surface area contributed by atoms with Gasteiger partial charge in [-0.1, -0.05) is 20.3 Å². The van der Waals surface area contributed by atoms with Crippen molar-refractivity contribution in [1.82, 2.24) is 10.6 Å². The summed E-state index contributed by atoms with van der Waals surface area (Å²) in [5, 5.41) is 5.15. The van der Waals surface area contributed by atoms with Crippen molar-refractivity contribution < 1.29 is 28.2 Å². The third-order valence-electron chi connectivity index (χ3n) is 3.28. The standard InChI is InChI=1S/C17H33FN2O5/c1-4-6-14(3)25-13-17(22)19-7-8-23-9-10-24-12-15(18)11-20-16(21)5-2/h14-15H,4-13H2,1-3H3,(H,19,22)(H,20,21). The molecule has 2 unspecified atom stereocenters. The lowest BCUT2D eigenvalue weighted by atomic mass is 10.2. The molecule has 0 aromatic heterocycles. The summed E-state index contributed by atoms with van der Waals surface area (Å²) in [6, 6.07) is 0. The van der Waals surface area contributed by atoms with Gasteiger partial charge in [0.05, 0.1) is 39.1 Å². The van der Waals surface area contributed by atoms with Gasteiger partial charge in [0.2, 0.25) is 11.8 Å². The van der Waals surface area contributed by atoms with Crippen LogP contribution in [-0.2, 0) is 23.8 Å². The Morgan fingerprint density at radius 2 is 1.76 bits per heavy atom. The Morgan fingerprint density at radius 3 is 2.44 bits per heavy atom. The smallest absolute Gasteiger partial charge is 0.246 e. The Morgan fingerprint density at radius 1 is 1.04 bits per heavy atom. The quantitative estimate of drug-likeness (QED) is 0.402. The Bertz CT molecular complexity index is 358. The van der Waals surface area contributed by atoms with Gasteiger partial charge in [-0.3, -0.25) is 9.59 Å². The van der Waals surface area contributed by atoms with E-state index in [1.165, 1.54) is 0 Å². The summed E-state index contributed by atoms with van der Waals surface area (Å²) in [7, 11) is 0. The molecular weight excluding hydrogens is 331 g/mol. The SMILES string of the molecule is CCCC(C)OCC(=O)NCCOCCOCC(F)CNC(=O)CC. The van der Waals surface area contributed by atoms with Crippen LogP contribution in [0.15, 0.2) is 0 Å². The molecule has 0 heterocycles. The lowest BCUT2D eigenvalue weighted by Gasteiger charge is -2.12. The highest BCUT2D eigenvalue weighted by molar-refractivity contribution is 5.77. The first-order valence-corrected chi connectivity index (χ1v) is 8.94. The van der Waals surface area contributed by atoms with Gasteiger partial charge in [-0.05, 0) is 13.3 Å². The average Bonchev–Trinajstić information content (AvgIpc) is 2.60. The van der Waals surface area contributed by atoms with Crippen LogP contribution in [0.3, 0.4) is 0 Å². The largest absolute Gasteiger partial charge is 0.377 e. The monoisotopic (exact) mass is 364 g/mol. The number of carbonyl (C=O) groups excluding carboxylic acids is 2. The topological polar surface area (TPSA) is 85.9 Å². The van der Waals surface area contributed by atoms with Gasteiger partial charge in [0.15, 0.2) is 0 Å². The zero-order chi connectivity index (χ0) is 18.9. The molecule has 8 heteroatoms. The first kappa shape index (κ1) is 23.8. The normalized spacial score (nSPS) is 13.3. The van der Waals surface area contributed by atoms with Crippen molar-refractivity contribution in [1.29, 1.82) is 0 Å². The van der Waals surface area contributed by atoms with Crippen molar-refractivity contribution in [2.45, 2.75) is 52.3 Å². The molecule has 0 saturated carbocycles. The molecule has 0 aliphatic heterocycles. The second kappa shape index (κ2) is 16.2. The fourth-order valence-electron chi connectivity index (χ4n) is 1.86. The molecule has 7 nitrogen and oxygen atoms in total. The molecule has 0 rings (SSSR count). The number of halogens is 1. The van der Waals surface area contributed by atoms with Gasteiger partial charge < -0.3 is 24.8 Å². The molecule has 0 saturated heterocycles. The van der Waals surface area contributed by atoms with E-state index in [-0.39, 0.29) is 44.3 Å². The molecule has 2 atom stereocenters. The molecule has 0 aromatic rings. The van der Waals surface area contributed by atoms with Crippen LogP contribution in [0, 0.1) is 0 Å². The van der Waals surface area contributed by atoms with Crippen LogP contribution in [0.25, 0.3) is 0 Å². The van der Waals surface area contributed by atoms with E-state index in [1.54, 1.807) is 6.92 Å². The molecule has 0 bridgehead atoms. The van der Waals surface area contributed by atoms with Gasteiger partial charge in [-0.15, -0.1) is 0 Å². The van der Waals surface area contributed by atoms with Crippen molar-refractivity contribution in [2.75, 3.05) is 46.1 Å². The summed E-state index contributed by atoms with van der Waals surface area (Å²) >= 11 is 0. The molecule has 148 valence electrons. The van der Waals surface area contributed by atoms with Gasteiger partial charge in [-0.2, -0.15) is 0 Å². The van der Waals surface area contributed by atoms with Crippen molar-refractivity contribution in [3.8, 4) is 0 Å². The van der Waals surface area contributed by atoms with Crippen LogP contribution in [0.5, 0.6) is 0 Å². The summed E-state index contributed by atoms with van der Waals surface area (Å²) in [6.07, 6.45) is 1.14. The van der Waals surface area contributed by atoms with Crippen LogP contribution in [0.4, 0.5) is 4.39 Å². The molecular formula is C17H33FN2O5. The summed E-state index contributed by atoms with van der Waals surface area (Å²) in [5.74, 6) is -0.351. The Labute approximate surface area is 150 Å². The average molecular weight is 364 g/mol. The summed E-state index contributed by atoms with van der Waals surface area (Å²) < 4.78 is 29.1. The third kappa shape index (κ3) is 16.0. The van der Waals surface area contributed by atoms with E-state index in [0.717, 1.165) is 12.8 Å². The lowest BCUT2D eigenvalue weighted by Crippen LogP contribution is -2.32. The van der Waals surface area contributed by atoms with E-state index in [9.17, 15) is 14.0 Å². The van der Waals surface area contributed by atoms with Crippen LogP contribution in [0.2, 0.25) is 0 Å². The predicted molar refractivity (Wildman–Crippen MR) is 93.2 cm³/mol. The van der Waals surface area contributed by atoms with Gasteiger partial charge in [0.1, 0.15) is 12.8 Å². The maximum Gasteiger partial charge on any atom is 0.246 e. The van der Waals surface area contributed by atoms with Crippen molar-refractivity contribution in [3.05, 3.63) is 0 Å². The highest BCUT2D eigenvalue weighted by atomic mass is 19.1. The molecule has 0 aromatic carbocycles. The molecule has 25 heavy (non-hydrogen) atoms. The number of rotatable bonds is 16. The number of amides is 2. The predicted octanol–water partition coefficient (Wildman–Crippen LogP) is 1.21. The minimum atomic E-state index is -1.23. The van der Waals surface area contributed by atoms with E-state index in [1.807, 2.05) is 6.92 Å². The minimum absolute atomic E-state index is 0.0431. The van der Waals surface area contributed by atoms with E-state index in [0.29, 0.717) is 26.2 Å². The maximum atomic E-state index is 13.4. The second-order valence-electron chi connectivity index (χ2n) is 5.70. The Kier molecular flexibility index (Phi) is 15.4. The lowest BCUT2D eigenvalue weighted by molar-refractivity contribution is -0.127.